The zero-order chi connectivity index (χ0) is 16.3. The summed E-state index contributed by atoms with van der Waals surface area (Å²) in [7, 11) is 0. The van der Waals surface area contributed by atoms with Gasteiger partial charge in [-0.15, -0.1) is 0 Å². The Morgan fingerprint density at radius 2 is 1.73 bits per heavy atom. The number of hydrazone groups is 1. The first-order chi connectivity index (χ1) is 10.3. The van der Waals surface area contributed by atoms with Crippen LogP contribution in [-0.2, 0) is 6.18 Å². The molecule has 116 valence electrons. The van der Waals surface area contributed by atoms with E-state index < -0.39 is 11.7 Å². The largest absolute Gasteiger partial charge is 0.508 e. The number of hydrogen-bond acceptors (Lipinski definition) is 3. The molecular weight excluding hydrogens is 340 g/mol. The fourth-order valence-electron chi connectivity index (χ4n) is 1.62. The van der Waals surface area contributed by atoms with Crippen LogP contribution in [0.3, 0.4) is 0 Å². The molecule has 22 heavy (non-hydrogen) atoms. The number of hydrogen-bond donors (Lipinski definition) is 2. The molecule has 0 aromatic heterocycles. The van der Waals surface area contributed by atoms with Crippen LogP contribution in [0.4, 0.5) is 18.9 Å². The lowest BCUT2D eigenvalue weighted by molar-refractivity contribution is -0.137. The molecule has 0 spiro atoms. The highest BCUT2D eigenvalue weighted by Crippen LogP contribution is 2.38. The van der Waals surface area contributed by atoms with Gasteiger partial charge in [-0.05, 0) is 29.8 Å². The van der Waals surface area contributed by atoms with Crippen molar-refractivity contribution in [2.24, 2.45) is 5.10 Å². The average molecular weight is 349 g/mol. The van der Waals surface area contributed by atoms with E-state index >= 15 is 0 Å². The van der Waals surface area contributed by atoms with Crippen LogP contribution in [0.15, 0.2) is 41.5 Å². The van der Waals surface area contributed by atoms with E-state index in [9.17, 15) is 18.3 Å². The molecule has 0 aliphatic heterocycles. The van der Waals surface area contributed by atoms with E-state index in [0.29, 0.717) is 5.56 Å². The smallest absolute Gasteiger partial charge is 0.416 e. The molecule has 0 amide bonds. The van der Waals surface area contributed by atoms with Gasteiger partial charge >= 0.3 is 6.18 Å². The van der Waals surface area contributed by atoms with Crippen molar-refractivity contribution in [1.82, 2.24) is 0 Å². The zero-order valence-corrected chi connectivity index (χ0v) is 12.3. The van der Waals surface area contributed by atoms with Crippen LogP contribution in [0.2, 0.25) is 10.0 Å². The maximum absolute atomic E-state index is 12.6. The molecule has 3 nitrogen and oxygen atoms in total. The van der Waals surface area contributed by atoms with Crippen LogP contribution in [0.25, 0.3) is 0 Å². The molecule has 0 aliphatic rings. The van der Waals surface area contributed by atoms with Gasteiger partial charge < -0.3 is 5.11 Å². The molecule has 2 aromatic carbocycles. The Bertz CT molecular complexity index is 694. The third-order valence-electron chi connectivity index (χ3n) is 2.63. The maximum Gasteiger partial charge on any atom is 0.416 e. The van der Waals surface area contributed by atoms with Crippen molar-refractivity contribution < 1.29 is 18.3 Å². The van der Waals surface area contributed by atoms with Gasteiger partial charge in [-0.1, -0.05) is 35.3 Å². The molecule has 0 atom stereocenters. The normalized spacial score (nSPS) is 11.9. The van der Waals surface area contributed by atoms with E-state index in [1.54, 1.807) is 12.1 Å². The molecule has 2 N–H and O–H groups in total. The third kappa shape index (κ3) is 4.05. The number of benzene rings is 2. The van der Waals surface area contributed by atoms with Crippen LogP contribution in [0.5, 0.6) is 5.75 Å². The summed E-state index contributed by atoms with van der Waals surface area (Å²) < 4.78 is 37.8. The number of halogens is 5. The Morgan fingerprint density at radius 1 is 1.09 bits per heavy atom. The van der Waals surface area contributed by atoms with E-state index in [0.717, 1.165) is 12.1 Å². The van der Waals surface area contributed by atoms with Crippen LogP contribution in [-0.4, -0.2) is 11.3 Å². The molecule has 0 heterocycles. The van der Waals surface area contributed by atoms with Gasteiger partial charge in [0, 0.05) is 0 Å². The van der Waals surface area contributed by atoms with Crippen LogP contribution >= 0.6 is 23.2 Å². The van der Waals surface area contributed by atoms with Gasteiger partial charge in [0.25, 0.3) is 0 Å². The van der Waals surface area contributed by atoms with Gasteiger partial charge in [0.15, 0.2) is 0 Å². The Balaban J connectivity index is 2.20. The van der Waals surface area contributed by atoms with Crippen molar-refractivity contribution in [3.8, 4) is 5.75 Å². The summed E-state index contributed by atoms with van der Waals surface area (Å²) in [6.07, 6.45) is -3.17. The van der Waals surface area contributed by atoms with E-state index in [1.807, 2.05) is 0 Å². The minimum atomic E-state index is -4.53. The first kappa shape index (κ1) is 16.5. The van der Waals surface area contributed by atoms with E-state index in [4.69, 9.17) is 23.2 Å². The van der Waals surface area contributed by atoms with E-state index in [2.05, 4.69) is 10.5 Å². The monoisotopic (exact) mass is 348 g/mol. The molecule has 0 fully saturated rings. The quantitative estimate of drug-likeness (QED) is 0.594. The number of aromatic hydroxyl groups is 1. The molecule has 8 heteroatoms. The number of anilines is 1. The Kier molecular flexibility index (Phi) is 4.83. The van der Waals surface area contributed by atoms with Gasteiger partial charge in [0.2, 0.25) is 0 Å². The molecular formula is C14H9Cl2F3N2O. The first-order valence-corrected chi connectivity index (χ1v) is 6.67. The van der Waals surface area contributed by atoms with Gasteiger partial charge in [-0.25, -0.2) is 0 Å². The summed E-state index contributed by atoms with van der Waals surface area (Å²) in [6.45, 7) is 0. The van der Waals surface area contributed by atoms with E-state index in [-0.39, 0.29) is 21.5 Å². The SMILES string of the molecule is Oc1cccc(/C=N/Nc2c(Cl)cc(C(F)(F)F)cc2Cl)c1. The third-order valence-corrected chi connectivity index (χ3v) is 3.23. The lowest BCUT2D eigenvalue weighted by atomic mass is 10.2. The topological polar surface area (TPSA) is 44.6 Å². The van der Waals surface area contributed by atoms with Crippen molar-refractivity contribution in [3.05, 3.63) is 57.6 Å². The standard InChI is InChI=1S/C14H9Cl2F3N2O/c15-11-5-9(14(17,18)19)6-12(16)13(11)21-20-7-8-2-1-3-10(22)4-8/h1-7,21-22H/b20-7+. The van der Waals surface area contributed by atoms with Crippen LogP contribution in [0, 0.1) is 0 Å². The summed E-state index contributed by atoms with van der Waals surface area (Å²) >= 11 is 11.6. The number of nitrogens with one attached hydrogen (secondary N) is 1. The predicted octanol–water partition coefficient (Wildman–Crippen LogP) is 5.16. The van der Waals surface area contributed by atoms with Crippen LogP contribution in [0.1, 0.15) is 11.1 Å². The van der Waals surface area contributed by atoms with Gasteiger partial charge in [0.1, 0.15) is 5.75 Å². The Hall–Kier alpha value is -1.92. The fourth-order valence-corrected chi connectivity index (χ4v) is 2.19. The van der Waals surface area contributed by atoms with Crippen molar-refractivity contribution in [1.29, 1.82) is 0 Å². The minimum absolute atomic E-state index is 0.0627. The number of rotatable bonds is 3. The lowest BCUT2D eigenvalue weighted by Crippen LogP contribution is -2.05. The highest BCUT2D eigenvalue weighted by molar-refractivity contribution is 6.39. The second-order valence-corrected chi connectivity index (χ2v) is 5.09. The lowest BCUT2D eigenvalue weighted by Gasteiger charge is -2.11. The van der Waals surface area contributed by atoms with Crippen molar-refractivity contribution in [2.75, 3.05) is 5.43 Å². The van der Waals surface area contributed by atoms with Crippen LogP contribution < -0.4 is 5.43 Å². The van der Waals surface area contributed by atoms with Crippen molar-refractivity contribution in [3.63, 3.8) is 0 Å². The van der Waals surface area contributed by atoms with Crippen molar-refractivity contribution >= 4 is 35.1 Å². The second-order valence-electron chi connectivity index (χ2n) is 4.28. The van der Waals surface area contributed by atoms with Crippen molar-refractivity contribution in [2.45, 2.75) is 6.18 Å². The summed E-state index contributed by atoms with van der Waals surface area (Å²) in [6, 6.07) is 7.78. The minimum Gasteiger partial charge on any atom is -0.508 e. The summed E-state index contributed by atoms with van der Waals surface area (Å²) in [5.41, 5.74) is 2.20. The Labute approximate surface area is 134 Å². The number of alkyl halides is 3. The first-order valence-electron chi connectivity index (χ1n) is 5.92. The fraction of sp³-hybridized carbons (Fsp3) is 0.0714. The molecule has 2 rings (SSSR count). The summed E-state index contributed by atoms with van der Waals surface area (Å²) in [5, 5.41) is 12.7. The Morgan fingerprint density at radius 3 is 2.27 bits per heavy atom. The molecule has 0 saturated carbocycles. The number of phenolic OH excluding ortho intramolecular Hbond substituents is 1. The highest BCUT2D eigenvalue weighted by Gasteiger charge is 2.32. The second kappa shape index (κ2) is 6.46. The average Bonchev–Trinajstić information content (AvgIpc) is 2.40. The highest BCUT2D eigenvalue weighted by atomic mass is 35.5. The molecule has 0 unspecified atom stereocenters. The maximum atomic E-state index is 12.6. The zero-order valence-electron chi connectivity index (χ0n) is 10.8. The molecule has 0 bridgehead atoms. The predicted molar refractivity (Wildman–Crippen MR) is 80.8 cm³/mol. The summed E-state index contributed by atoms with van der Waals surface area (Å²) in [5.74, 6) is 0.0644. The van der Waals surface area contributed by atoms with Gasteiger partial charge in [0.05, 0.1) is 27.5 Å². The molecule has 0 saturated heterocycles. The summed E-state index contributed by atoms with van der Waals surface area (Å²) in [4.78, 5) is 0. The molecule has 0 radical (unpaired) electrons. The molecule has 2 aromatic rings. The molecule has 0 aliphatic carbocycles. The number of nitrogens with zero attached hydrogens (tertiary/aromatic N) is 1. The number of phenols is 1. The van der Waals surface area contributed by atoms with Gasteiger partial charge in [-0.2, -0.15) is 18.3 Å². The van der Waals surface area contributed by atoms with E-state index in [1.165, 1.54) is 18.3 Å². The van der Waals surface area contributed by atoms with Gasteiger partial charge in [-0.3, -0.25) is 5.43 Å².